The molecule has 1 aliphatic rings. The molecule has 0 bridgehead atoms. The van der Waals surface area contributed by atoms with E-state index in [1.807, 2.05) is 12.1 Å². The summed E-state index contributed by atoms with van der Waals surface area (Å²) in [4.78, 5) is 1.30. The molecule has 0 spiro atoms. The van der Waals surface area contributed by atoms with Crippen molar-refractivity contribution in [1.29, 1.82) is 0 Å². The third-order valence-electron chi connectivity index (χ3n) is 3.87. The second kappa shape index (κ2) is 6.29. The van der Waals surface area contributed by atoms with Gasteiger partial charge in [0.05, 0.1) is 0 Å². The second-order valence-corrected chi connectivity index (χ2v) is 7.42. The van der Waals surface area contributed by atoms with E-state index >= 15 is 0 Å². The van der Waals surface area contributed by atoms with E-state index in [4.69, 9.17) is 4.74 Å². The molecule has 1 fully saturated rings. The molecule has 1 nitrogen and oxygen atoms in total. The van der Waals surface area contributed by atoms with E-state index in [9.17, 15) is 0 Å². The lowest BCUT2D eigenvalue weighted by Crippen LogP contribution is -2.19. The van der Waals surface area contributed by atoms with E-state index in [1.54, 1.807) is 11.8 Å². The zero-order valence-corrected chi connectivity index (χ0v) is 14.9. The maximum Gasteiger partial charge on any atom is 0.167 e. The maximum absolute atomic E-state index is 6.38. The summed E-state index contributed by atoms with van der Waals surface area (Å²) in [7, 11) is 0. The summed E-state index contributed by atoms with van der Waals surface area (Å²) >= 11 is 1.76. The van der Waals surface area contributed by atoms with E-state index in [1.165, 1.54) is 27.2 Å². The topological polar surface area (TPSA) is 9.23 Å². The molecule has 1 heterocycles. The van der Waals surface area contributed by atoms with Crippen LogP contribution in [-0.4, -0.2) is 5.60 Å². The molecule has 0 aromatic heterocycles. The monoisotopic (exact) mass is 322 g/mol. The van der Waals surface area contributed by atoms with Crippen molar-refractivity contribution >= 4 is 17.3 Å². The molecule has 0 N–H and O–H groups in total. The van der Waals surface area contributed by atoms with Crippen LogP contribution in [-0.2, 0) is 4.74 Å². The van der Waals surface area contributed by atoms with Crippen LogP contribution in [0.4, 0.5) is 0 Å². The Morgan fingerprint density at radius 3 is 1.70 bits per heavy atom. The average molecular weight is 322 g/mol. The van der Waals surface area contributed by atoms with Crippen LogP contribution >= 0.6 is 11.8 Å². The van der Waals surface area contributed by atoms with Crippen LogP contribution < -0.4 is 0 Å². The number of benzene rings is 2. The summed E-state index contributed by atoms with van der Waals surface area (Å²) in [6, 6.07) is 21.0. The number of hydrogen-bond donors (Lipinski definition) is 0. The Hall–Kier alpha value is -1.93. The van der Waals surface area contributed by atoms with Crippen molar-refractivity contribution in [3.8, 4) is 0 Å². The molecule has 118 valence electrons. The highest BCUT2D eigenvalue weighted by Gasteiger charge is 2.37. The van der Waals surface area contributed by atoms with Crippen molar-refractivity contribution in [2.45, 2.75) is 33.3 Å². The molecule has 0 radical (unpaired) electrons. The Morgan fingerprint density at radius 1 is 0.826 bits per heavy atom. The predicted octanol–water partition coefficient (Wildman–Crippen LogP) is 6.24. The van der Waals surface area contributed by atoms with E-state index in [-0.39, 0.29) is 5.60 Å². The lowest BCUT2D eigenvalue weighted by Gasteiger charge is -2.20. The number of hydrogen-bond acceptors (Lipinski definition) is 2. The number of thioether (sulfide) groups is 1. The van der Waals surface area contributed by atoms with Gasteiger partial charge < -0.3 is 4.74 Å². The van der Waals surface area contributed by atoms with Gasteiger partial charge in [-0.25, -0.2) is 0 Å². The van der Waals surface area contributed by atoms with Gasteiger partial charge in [0.25, 0.3) is 0 Å². The minimum absolute atomic E-state index is 0.270. The molecule has 3 rings (SSSR count). The molecule has 1 aliphatic heterocycles. The Labute approximate surface area is 143 Å². The minimum atomic E-state index is -0.270. The van der Waals surface area contributed by atoms with Crippen molar-refractivity contribution in [2.24, 2.45) is 0 Å². The first-order valence-corrected chi connectivity index (χ1v) is 8.70. The lowest BCUT2D eigenvalue weighted by atomic mass is 9.99. The quantitative estimate of drug-likeness (QED) is 0.647. The van der Waals surface area contributed by atoms with Gasteiger partial charge in [0.2, 0.25) is 0 Å². The van der Waals surface area contributed by atoms with Crippen LogP contribution in [0.1, 0.15) is 38.8 Å². The Balaban J connectivity index is 2.19. The fourth-order valence-corrected chi connectivity index (χ4v) is 4.20. The Kier molecular flexibility index (Phi) is 4.36. The van der Waals surface area contributed by atoms with Crippen LogP contribution in [0, 0.1) is 0 Å². The van der Waals surface area contributed by atoms with Gasteiger partial charge in [-0.15, -0.1) is 0 Å². The highest BCUT2D eigenvalue weighted by atomic mass is 32.2. The molecule has 2 aromatic carbocycles. The minimum Gasteiger partial charge on any atom is -0.475 e. The summed E-state index contributed by atoms with van der Waals surface area (Å²) in [6.07, 6.45) is 0. The van der Waals surface area contributed by atoms with E-state index in [0.29, 0.717) is 0 Å². The fourth-order valence-electron chi connectivity index (χ4n) is 2.93. The van der Waals surface area contributed by atoms with Crippen molar-refractivity contribution < 1.29 is 4.74 Å². The third-order valence-corrected chi connectivity index (χ3v) is 5.45. The van der Waals surface area contributed by atoms with Crippen molar-refractivity contribution in [3.63, 3.8) is 0 Å². The summed E-state index contributed by atoms with van der Waals surface area (Å²) < 4.78 is 6.38. The fraction of sp³-hybridized carbons (Fsp3) is 0.238. The molecule has 0 amide bonds. The van der Waals surface area contributed by atoms with Gasteiger partial charge in [-0.2, -0.15) is 0 Å². The van der Waals surface area contributed by atoms with Crippen LogP contribution in [0.3, 0.4) is 0 Å². The summed E-state index contributed by atoms with van der Waals surface area (Å²) in [5, 5.41) is 0.989. The SMILES string of the molecule is CC(C)=C1SC(=C(c2ccccc2)c2ccccc2)OC1(C)C. The van der Waals surface area contributed by atoms with Gasteiger partial charge in [0.15, 0.2) is 5.09 Å². The van der Waals surface area contributed by atoms with E-state index in [0.717, 1.165) is 5.09 Å². The van der Waals surface area contributed by atoms with Crippen LogP contribution in [0.25, 0.3) is 5.57 Å². The number of ether oxygens (including phenoxy) is 1. The van der Waals surface area contributed by atoms with Crippen LogP contribution in [0.15, 0.2) is 76.2 Å². The zero-order valence-electron chi connectivity index (χ0n) is 14.1. The van der Waals surface area contributed by atoms with Crippen LogP contribution in [0.5, 0.6) is 0 Å². The second-order valence-electron chi connectivity index (χ2n) is 6.44. The predicted molar refractivity (Wildman–Crippen MR) is 100 cm³/mol. The van der Waals surface area contributed by atoms with Gasteiger partial charge in [0.1, 0.15) is 5.60 Å². The summed E-state index contributed by atoms with van der Waals surface area (Å²) in [6.45, 7) is 8.59. The summed E-state index contributed by atoms with van der Waals surface area (Å²) in [5.41, 5.74) is 4.59. The zero-order chi connectivity index (χ0) is 16.4. The third kappa shape index (κ3) is 3.23. The van der Waals surface area contributed by atoms with E-state index in [2.05, 4.69) is 76.2 Å². The normalized spacial score (nSPS) is 16.2. The molecule has 2 aromatic rings. The molecule has 0 unspecified atom stereocenters. The average Bonchev–Trinajstić information content (AvgIpc) is 2.85. The van der Waals surface area contributed by atoms with Gasteiger partial charge in [-0.1, -0.05) is 78.0 Å². The van der Waals surface area contributed by atoms with Crippen molar-refractivity contribution in [1.82, 2.24) is 0 Å². The number of rotatable bonds is 2. The van der Waals surface area contributed by atoms with Gasteiger partial charge in [-0.3, -0.25) is 0 Å². The first-order chi connectivity index (χ1) is 11.0. The maximum atomic E-state index is 6.38. The highest BCUT2D eigenvalue weighted by molar-refractivity contribution is 8.07. The van der Waals surface area contributed by atoms with Crippen molar-refractivity contribution in [2.75, 3.05) is 0 Å². The molecule has 1 saturated heterocycles. The molecular weight excluding hydrogens is 300 g/mol. The van der Waals surface area contributed by atoms with E-state index < -0.39 is 0 Å². The van der Waals surface area contributed by atoms with Gasteiger partial charge in [-0.05, 0) is 38.8 Å². The largest absolute Gasteiger partial charge is 0.475 e. The standard InChI is InChI=1S/C21H22OS/c1-15(2)19-21(3,4)22-20(23-19)18(16-11-7-5-8-12-16)17-13-9-6-10-14-17/h5-14H,1-4H3. The molecule has 0 saturated carbocycles. The molecule has 0 atom stereocenters. The van der Waals surface area contributed by atoms with Gasteiger partial charge in [0, 0.05) is 10.5 Å². The Morgan fingerprint density at radius 2 is 1.30 bits per heavy atom. The van der Waals surface area contributed by atoms with Gasteiger partial charge >= 0.3 is 0 Å². The molecular formula is C21H22OS. The summed E-state index contributed by atoms with van der Waals surface area (Å²) in [5.74, 6) is 0. The number of allylic oxidation sites excluding steroid dienone is 1. The van der Waals surface area contributed by atoms with Crippen molar-refractivity contribution in [3.05, 3.63) is 87.4 Å². The first kappa shape index (κ1) is 15.9. The van der Waals surface area contributed by atoms with Crippen LogP contribution in [0.2, 0.25) is 0 Å². The Bertz CT molecular complexity index is 709. The smallest absolute Gasteiger partial charge is 0.167 e. The molecule has 0 aliphatic carbocycles. The lowest BCUT2D eigenvalue weighted by molar-refractivity contribution is 0.105. The highest BCUT2D eigenvalue weighted by Crippen LogP contribution is 2.51. The molecule has 2 heteroatoms. The molecule has 23 heavy (non-hydrogen) atoms. The first-order valence-electron chi connectivity index (χ1n) is 7.89.